The SMILES string of the molecule is CCOC(=O)CCc1ccccc1-c1ccccc1-c1nc(-c2ccccc2)c(-c2ccccc2)o1.O=C(O)CCc1ccccc1-c1ccccc1-c1nc(-c2ccccc2)c(-c2ccccc2)o1. The molecule has 8 aromatic carbocycles. The van der Waals surface area contributed by atoms with Crippen molar-refractivity contribution in [2.24, 2.45) is 0 Å². The number of carbonyl (C=O) groups excluding carboxylic acids is 1. The summed E-state index contributed by atoms with van der Waals surface area (Å²) in [5.41, 5.74) is 13.4. The summed E-state index contributed by atoms with van der Waals surface area (Å²) in [6.45, 7) is 2.22. The average molecular weight is 919 g/mol. The lowest BCUT2D eigenvalue weighted by Crippen LogP contribution is -2.05. The predicted octanol–water partition coefficient (Wildman–Crippen LogP) is 15.2. The third kappa shape index (κ3) is 10.8. The number of ether oxygens (including phenoxy) is 1. The fourth-order valence-electron chi connectivity index (χ4n) is 8.55. The van der Waals surface area contributed by atoms with Crippen LogP contribution in [0.25, 0.3) is 90.3 Å². The van der Waals surface area contributed by atoms with Gasteiger partial charge in [-0.15, -0.1) is 0 Å². The molecule has 0 saturated heterocycles. The van der Waals surface area contributed by atoms with Crippen LogP contribution in [0.1, 0.15) is 30.9 Å². The maximum atomic E-state index is 12.0. The molecule has 10 rings (SSSR count). The second kappa shape index (κ2) is 22.3. The molecule has 10 aromatic rings. The van der Waals surface area contributed by atoms with Crippen LogP contribution in [0.2, 0.25) is 0 Å². The Morgan fingerprint density at radius 1 is 0.414 bits per heavy atom. The summed E-state index contributed by atoms with van der Waals surface area (Å²) in [6, 6.07) is 72.3. The van der Waals surface area contributed by atoms with Gasteiger partial charge in [-0.3, -0.25) is 9.59 Å². The molecule has 344 valence electrons. The maximum Gasteiger partial charge on any atom is 0.306 e. The Bertz CT molecular complexity index is 3210. The second-order valence-corrected chi connectivity index (χ2v) is 16.5. The first-order chi connectivity index (χ1) is 34.4. The van der Waals surface area contributed by atoms with Crippen LogP contribution < -0.4 is 0 Å². The van der Waals surface area contributed by atoms with Crippen molar-refractivity contribution in [3.8, 4) is 90.3 Å². The van der Waals surface area contributed by atoms with Crippen molar-refractivity contribution >= 4 is 11.9 Å². The van der Waals surface area contributed by atoms with Crippen molar-refractivity contribution in [2.45, 2.75) is 32.6 Å². The zero-order chi connectivity index (χ0) is 48.1. The molecule has 1 N–H and O–H groups in total. The normalized spacial score (nSPS) is 10.8. The second-order valence-electron chi connectivity index (χ2n) is 16.5. The summed E-state index contributed by atoms with van der Waals surface area (Å²) < 4.78 is 18.1. The number of aryl methyl sites for hydroxylation is 2. The number of aliphatic carboxylic acids is 1. The number of aromatic nitrogens is 2. The zero-order valence-electron chi connectivity index (χ0n) is 38.7. The molecule has 2 aromatic heterocycles. The first kappa shape index (κ1) is 46.2. The monoisotopic (exact) mass is 918 g/mol. The summed E-state index contributed by atoms with van der Waals surface area (Å²) >= 11 is 0. The maximum absolute atomic E-state index is 12.0. The standard InChI is InChI=1S/C32H27NO3.C30H23NO3/c1-2-35-29(34)22-21-23-13-9-10-18-26(23)27-19-11-12-20-28(27)32-33-30(24-14-5-3-6-15-24)31(36-32)25-16-7-4-8-17-25;32-27(33)20-19-21-11-7-8-16-24(21)25-17-9-10-18-26(25)30-31-28(22-12-3-1-4-13-22)29(34-30)23-14-5-2-6-15-23/h3-20H,2,21-22H2,1H3;1-18H,19-20H2,(H,32,33). The van der Waals surface area contributed by atoms with Crippen molar-refractivity contribution in [1.29, 1.82) is 0 Å². The third-order valence-corrected chi connectivity index (χ3v) is 11.9. The van der Waals surface area contributed by atoms with Crippen molar-refractivity contribution in [3.05, 3.63) is 230 Å². The molecule has 0 fully saturated rings. The van der Waals surface area contributed by atoms with E-state index in [0.717, 1.165) is 89.7 Å². The van der Waals surface area contributed by atoms with E-state index in [4.69, 9.17) is 23.5 Å². The summed E-state index contributed by atoms with van der Waals surface area (Å²) in [5, 5.41) is 9.19. The molecule has 0 amide bonds. The van der Waals surface area contributed by atoms with Gasteiger partial charge in [-0.25, -0.2) is 9.97 Å². The van der Waals surface area contributed by atoms with Gasteiger partial charge in [0.2, 0.25) is 11.8 Å². The fraction of sp³-hybridized carbons (Fsp3) is 0.0968. The van der Waals surface area contributed by atoms with Crippen molar-refractivity contribution in [1.82, 2.24) is 9.97 Å². The lowest BCUT2D eigenvalue weighted by Gasteiger charge is -2.12. The topological polar surface area (TPSA) is 116 Å². The van der Waals surface area contributed by atoms with Crippen molar-refractivity contribution < 1.29 is 28.3 Å². The summed E-state index contributed by atoms with van der Waals surface area (Å²) in [4.78, 5) is 33.2. The van der Waals surface area contributed by atoms with Gasteiger partial charge in [0, 0.05) is 46.2 Å². The number of carboxylic acids is 1. The molecule has 0 atom stereocenters. The van der Waals surface area contributed by atoms with E-state index in [9.17, 15) is 14.7 Å². The quantitative estimate of drug-likeness (QED) is 0.101. The lowest BCUT2D eigenvalue weighted by molar-refractivity contribution is -0.143. The molecular formula is C62H50N2O6. The number of hydrogen-bond donors (Lipinski definition) is 1. The molecule has 8 heteroatoms. The van der Waals surface area contributed by atoms with Gasteiger partial charge in [0.1, 0.15) is 11.4 Å². The molecule has 2 heterocycles. The Morgan fingerprint density at radius 2 is 0.743 bits per heavy atom. The highest BCUT2D eigenvalue weighted by Crippen LogP contribution is 2.42. The molecule has 0 aliphatic heterocycles. The van der Waals surface area contributed by atoms with E-state index in [1.165, 1.54) is 0 Å². The van der Waals surface area contributed by atoms with E-state index in [1.54, 1.807) is 0 Å². The van der Waals surface area contributed by atoms with Gasteiger partial charge in [-0.05, 0) is 65.3 Å². The first-order valence-corrected chi connectivity index (χ1v) is 23.4. The van der Waals surface area contributed by atoms with E-state index < -0.39 is 5.97 Å². The van der Waals surface area contributed by atoms with Crippen molar-refractivity contribution in [3.63, 3.8) is 0 Å². The molecule has 0 radical (unpaired) electrons. The van der Waals surface area contributed by atoms with Gasteiger partial charge in [0.15, 0.2) is 11.5 Å². The van der Waals surface area contributed by atoms with E-state index in [-0.39, 0.29) is 12.4 Å². The number of nitrogens with zero attached hydrogens (tertiary/aromatic N) is 2. The van der Waals surface area contributed by atoms with Crippen LogP contribution in [-0.4, -0.2) is 33.6 Å². The number of hydrogen-bond acceptors (Lipinski definition) is 7. The molecular weight excluding hydrogens is 869 g/mol. The van der Waals surface area contributed by atoms with Crippen LogP contribution in [0.3, 0.4) is 0 Å². The van der Waals surface area contributed by atoms with E-state index >= 15 is 0 Å². The van der Waals surface area contributed by atoms with Crippen LogP contribution in [-0.2, 0) is 27.2 Å². The number of carboxylic acid groups (broad SMARTS) is 1. The summed E-state index contributed by atoms with van der Waals surface area (Å²) in [6.07, 6.45) is 1.46. The Kier molecular flexibility index (Phi) is 14.7. The Morgan fingerprint density at radius 3 is 1.13 bits per heavy atom. The molecule has 0 spiro atoms. The minimum absolute atomic E-state index is 0.0779. The van der Waals surface area contributed by atoms with E-state index in [0.29, 0.717) is 37.7 Å². The number of esters is 1. The Hall–Kier alpha value is -8.88. The van der Waals surface area contributed by atoms with Crippen LogP contribution in [0.5, 0.6) is 0 Å². The number of carbonyl (C=O) groups is 2. The van der Waals surface area contributed by atoms with E-state index in [1.807, 2.05) is 207 Å². The molecule has 0 unspecified atom stereocenters. The van der Waals surface area contributed by atoms with Gasteiger partial charge in [-0.1, -0.05) is 206 Å². The molecule has 0 saturated carbocycles. The smallest absolute Gasteiger partial charge is 0.306 e. The predicted molar refractivity (Wildman–Crippen MR) is 277 cm³/mol. The van der Waals surface area contributed by atoms with E-state index in [2.05, 4.69) is 18.2 Å². The van der Waals surface area contributed by atoms with Gasteiger partial charge in [0.25, 0.3) is 0 Å². The highest BCUT2D eigenvalue weighted by atomic mass is 16.5. The van der Waals surface area contributed by atoms with Crippen LogP contribution >= 0.6 is 0 Å². The molecule has 0 bridgehead atoms. The minimum Gasteiger partial charge on any atom is -0.481 e. The molecule has 70 heavy (non-hydrogen) atoms. The van der Waals surface area contributed by atoms with Gasteiger partial charge >= 0.3 is 11.9 Å². The Labute approximate surface area is 407 Å². The highest BCUT2D eigenvalue weighted by molar-refractivity contribution is 5.87. The van der Waals surface area contributed by atoms with Gasteiger partial charge in [0.05, 0.1) is 6.61 Å². The Balaban J connectivity index is 0.000000174. The van der Waals surface area contributed by atoms with Crippen LogP contribution in [0.4, 0.5) is 0 Å². The summed E-state index contributed by atoms with van der Waals surface area (Å²) in [7, 11) is 0. The molecule has 8 nitrogen and oxygen atoms in total. The van der Waals surface area contributed by atoms with Crippen LogP contribution in [0.15, 0.2) is 227 Å². The van der Waals surface area contributed by atoms with Crippen LogP contribution in [0, 0.1) is 0 Å². The number of benzene rings is 8. The summed E-state index contributed by atoms with van der Waals surface area (Å²) in [5.74, 6) is 1.55. The third-order valence-electron chi connectivity index (χ3n) is 11.9. The largest absolute Gasteiger partial charge is 0.481 e. The minimum atomic E-state index is -0.809. The lowest BCUT2D eigenvalue weighted by atomic mass is 9.93. The number of rotatable bonds is 15. The van der Waals surface area contributed by atoms with Gasteiger partial charge < -0.3 is 18.7 Å². The average Bonchev–Trinajstić information content (AvgIpc) is 4.08. The highest BCUT2D eigenvalue weighted by Gasteiger charge is 2.23. The zero-order valence-corrected chi connectivity index (χ0v) is 38.7. The first-order valence-electron chi connectivity index (χ1n) is 23.4. The van der Waals surface area contributed by atoms with Gasteiger partial charge in [-0.2, -0.15) is 0 Å². The molecule has 0 aliphatic rings. The fourth-order valence-corrected chi connectivity index (χ4v) is 8.55. The van der Waals surface area contributed by atoms with Crippen molar-refractivity contribution in [2.75, 3.05) is 6.61 Å². The molecule has 0 aliphatic carbocycles. The number of oxazole rings is 2.